The second-order valence-electron chi connectivity index (χ2n) is 3.13. The standard InChI is InChI=1S/C10H7N3O/c14-10-9-7(5-11-13-10)6-3-1-2-4-8(6)12-9/h1-5,11H,(H,13,14). The van der Waals surface area contributed by atoms with E-state index < -0.39 is 0 Å². The van der Waals surface area contributed by atoms with Gasteiger partial charge in [-0.05, 0) is 6.07 Å². The average Bonchev–Trinajstić information content (AvgIpc) is 2.59. The predicted molar refractivity (Wildman–Crippen MR) is 53.3 cm³/mol. The van der Waals surface area contributed by atoms with Crippen LogP contribution < -0.4 is 5.56 Å². The topological polar surface area (TPSA) is 61.5 Å². The molecule has 4 nitrogen and oxygen atoms in total. The van der Waals surface area contributed by atoms with Crippen LogP contribution in [0.4, 0.5) is 0 Å². The zero-order valence-electron chi connectivity index (χ0n) is 7.24. The minimum Gasteiger partial charge on any atom is -0.305 e. The van der Waals surface area contributed by atoms with E-state index in [0.29, 0.717) is 5.69 Å². The number of rotatable bonds is 0. The average molecular weight is 185 g/mol. The van der Waals surface area contributed by atoms with Gasteiger partial charge in [-0.15, -0.1) is 0 Å². The smallest absolute Gasteiger partial charge is 0.288 e. The van der Waals surface area contributed by atoms with Gasteiger partial charge in [0.15, 0.2) is 0 Å². The van der Waals surface area contributed by atoms with Crippen molar-refractivity contribution in [2.45, 2.75) is 0 Å². The second-order valence-corrected chi connectivity index (χ2v) is 3.13. The van der Waals surface area contributed by atoms with E-state index in [0.717, 1.165) is 16.5 Å². The first kappa shape index (κ1) is 7.32. The Morgan fingerprint density at radius 2 is 2.07 bits per heavy atom. The van der Waals surface area contributed by atoms with Crippen LogP contribution in [0.1, 0.15) is 0 Å². The maximum absolute atomic E-state index is 11.4. The van der Waals surface area contributed by atoms with E-state index in [-0.39, 0.29) is 5.56 Å². The summed E-state index contributed by atoms with van der Waals surface area (Å²) in [5, 5.41) is 6.20. The summed E-state index contributed by atoms with van der Waals surface area (Å²) >= 11 is 0. The van der Waals surface area contributed by atoms with Crippen LogP contribution >= 0.6 is 0 Å². The van der Waals surface area contributed by atoms with Crippen LogP contribution in [0, 0.1) is 0 Å². The summed E-state index contributed by atoms with van der Waals surface area (Å²) in [6.07, 6.45) is 1.76. The minimum atomic E-state index is -0.182. The highest BCUT2D eigenvalue weighted by atomic mass is 16.1. The molecule has 0 saturated heterocycles. The SMILES string of the molecule is O=c1[nH][nH]cc2c3ccccc3nc1-2. The van der Waals surface area contributed by atoms with Gasteiger partial charge in [-0.25, -0.2) is 4.98 Å². The predicted octanol–water partition coefficient (Wildman–Crippen LogP) is 1.36. The molecule has 0 aromatic heterocycles. The molecular formula is C10H7N3O. The van der Waals surface area contributed by atoms with Crippen molar-refractivity contribution < 1.29 is 0 Å². The lowest BCUT2D eigenvalue weighted by Crippen LogP contribution is -2.10. The number of fused-ring (bicyclic) bond motifs is 3. The molecule has 0 unspecified atom stereocenters. The monoisotopic (exact) mass is 185 g/mol. The van der Waals surface area contributed by atoms with Crippen LogP contribution in [0.15, 0.2) is 35.3 Å². The molecule has 4 heteroatoms. The third-order valence-electron chi connectivity index (χ3n) is 2.30. The van der Waals surface area contributed by atoms with E-state index in [1.54, 1.807) is 6.20 Å². The van der Waals surface area contributed by atoms with Gasteiger partial charge in [-0.3, -0.25) is 9.89 Å². The zero-order valence-corrected chi connectivity index (χ0v) is 7.24. The van der Waals surface area contributed by atoms with Gasteiger partial charge in [0.1, 0.15) is 5.69 Å². The Morgan fingerprint density at radius 3 is 3.00 bits per heavy atom. The highest BCUT2D eigenvalue weighted by Crippen LogP contribution is 2.26. The molecule has 1 aromatic carbocycles. The molecule has 0 saturated carbocycles. The molecule has 68 valence electrons. The number of para-hydroxylation sites is 1. The molecule has 1 aromatic rings. The summed E-state index contributed by atoms with van der Waals surface area (Å²) in [6, 6.07) is 7.70. The third-order valence-corrected chi connectivity index (χ3v) is 2.30. The molecule has 2 aliphatic heterocycles. The first-order chi connectivity index (χ1) is 6.86. The van der Waals surface area contributed by atoms with Crippen LogP contribution in [-0.2, 0) is 0 Å². The molecule has 14 heavy (non-hydrogen) atoms. The third kappa shape index (κ3) is 0.821. The maximum atomic E-state index is 11.4. The Kier molecular flexibility index (Phi) is 1.28. The van der Waals surface area contributed by atoms with E-state index in [9.17, 15) is 4.79 Å². The van der Waals surface area contributed by atoms with Gasteiger partial charge < -0.3 is 5.10 Å². The van der Waals surface area contributed by atoms with Crippen molar-refractivity contribution in [2.24, 2.45) is 0 Å². The summed E-state index contributed by atoms with van der Waals surface area (Å²) in [7, 11) is 0. The highest BCUT2D eigenvalue weighted by molar-refractivity contribution is 5.96. The van der Waals surface area contributed by atoms with Crippen LogP contribution in [0.25, 0.3) is 22.2 Å². The molecular weight excluding hydrogens is 178 g/mol. The first-order valence-electron chi connectivity index (χ1n) is 4.31. The number of nitrogens with one attached hydrogen (secondary N) is 2. The maximum Gasteiger partial charge on any atom is 0.288 e. The Labute approximate surface area is 78.9 Å². The van der Waals surface area contributed by atoms with Crippen LogP contribution in [0.2, 0.25) is 0 Å². The van der Waals surface area contributed by atoms with E-state index in [1.807, 2.05) is 24.3 Å². The number of hydrogen-bond donors (Lipinski definition) is 2. The summed E-state index contributed by atoms with van der Waals surface area (Å²) in [5.74, 6) is 0. The van der Waals surface area contributed by atoms with Crippen molar-refractivity contribution in [1.29, 1.82) is 0 Å². The van der Waals surface area contributed by atoms with E-state index in [2.05, 4.69) is 15.2 Å². The fourth-order valence-corrected chi connectivity index (χ4v) is 1.66. The molecule has 0 bridgehead atoms. The molecule has 0 spiro atoms. The number of aromatic amines is 2. The molecule has 3 rings (SSSR count). The summed E-state index contributed by atoms with van der Waals surface area (Å²) in [5.41, 5.74) is 2.03. The van der Waals surface area contributed by atoms with Gasteiger partial charge in [0, 0.05) is 17.1 Å². The second kappa shape index (κ2) is 2.45. The fraction of sp³-hybridized carbons (Fsp3) is 0. The Balaban J connectivity index is 2.61. The molecule has 0 aliphatic carbocycles. The van der Waals surface area contributed by atoms with Gasteiger partial charge in [-0.2, -0.15) is 0 Å². The van der Waals surface area contributed by atoms with E-state index in [1.165, 1.54) is 0 Å². The summed E-state index contributed by atoms with van der Waals surface area (Å²) < 4.78 is 0. The molecule has 2 aliphatic rings. The van der Waals surface area contributed by atoms with Crippen LogP contribution in [0.5, 0.6) is 0 Å². The van der Waals surface area contributed by atoms with Gasteiger partial charge in [0.2, 0.25) is 0 Å². The van der Waals surface area contributed by atoms with Crippen molar-refractivity contribution in [3.8, 4) is 11.3 Å². The zero-order chi connectivity index (χ0) is 9.54. The normalized spacial score (nSPS) is 11.1. The van der Waals surface area contributed by atoms with Gasteiger partial charge >= 0.3 is 0 Å². The Morgan fingerprint density at radius 1 is 1.21 bits per heavy atom. The van der Waals surface area contributed by atoms with Crippen molar-refractivity contribution >= 4 is 10.9 Å². The van der Waals surface area contributed by atoms with Crippen LogP contribution in [0.3, 0.4) is 0 Å². The molecule has 0 radical (unpaired) electrons. The van der Waals surface area contributed by atoms with Crippen molar-refractivity contribution in [3.63, 3.8) is 0 Å². The quantitative estimate of drug-likeness (QED) is 0.555. The number of benzene rings is 1. The van der Waals surface area contributed by atoms with Crippen molar-refractivity contribution in [2.75, 3.05) is 0 Å². The van der Waals surface area contributed by atoms with Crippen molar-refractivity contribution in [1.82, 2.24) is 15.2 Å². The number of nitrogens with zero attached hydrogens (tertiary/aromatic N) is 1. The summed E-state index contributed by atoms with van der Waals surface area (Å²) in [4.78, 5) is 15.7. The van der Waals surface area contributed by atoms with Gasteiger partial charge in [0.25, 0.3) is 5.56 Å². The van der Waals surface area contributed by atoms with Gasteiger partial charge in [0.05, 0.1) is 5.52 Å². The molecule has 0 atom stereocenters. The molecule has 2 heterocycles. The molecule has 2 N–H and O–H groups in total. The molecule has 0 amide bonds. The number of H-pyrrole nitrogens is 2. The lowest BCUT2D eigenvalue weighted by molar-refractivity contribution is 0.984. The van der Waals surface area contributed by atoms with E-state index >= 15 is 0 Å². The number of aromatic nitrogens is 3. The van der Waals surface area contributed by atoms with Gasteiger partial charge in [-0.1, -0.05) is 18.2 Å². The minimum absolute atomic E-state index is 0.182. The lowest BCUT2D eigenvalue weighted by Gasteiger charge is -1.94. The lowest BCUT2D eigenvalue weighted by atomic mass is 10.1. The largest absolute Gasteiger partial charge is 0.305 e. The van der Waals surface area contributed by atoms with E-state index in [4.69, 9.17) is 0 Å². The Hall–Kier alpha value is -2.10. The fourth-order valence-electron chi connectivity index (χ4n) is 1.66. The summed E-state index contributed by atoms with van der Waals surface area (Å²) in [6.45, 7) is 0. The molecule has 0 fully saturated rings. The number of hydrogen-bond acceptors (Lipinski definition) is 2. The Bertz CT molecular complexity index is 623. The highest BCUT2D eigenvalue weighted by Gasteiger charge is 2.13. The van der Waals surface area contributed by atoms with Crippen molar-refractivity contribution in [3.05, 3.63) is 40.8 Å². The van der Waals surface area contributed by atoms with Crippen LogP contribution in [-0.4, -0.2) is 15.2 Å². The first-order valence-corrected chi connectivity index (χ1v) is 4.31.